The Bertz CT molecular complexity index is 362. The highest BCUT2D eigenvalue weighted by Crippen LogP contribution is 2.14. The van der Waals surface area contributed by atoms with Crippen LogP contribution in [0.3, 0.4) is 0 Å². The molecule has 0 saturated carbocycles. The van der Waals surface area contributed by atoms with Crippen LogP contribution in [0.1, 0.15) is 37.7 Å². The molecule has 1 saturated heterocycles. The minimum absolute atomic E-state index is 0.0368. The zero-order valence-electron chi connectivity index (χ0n) is 12.6. The molecule has 2 rings (SSSR count). The van der Waals surface area contributed by atoms with Crippen LogP contribution in [0, 0.1) is 0 Å². The Morgan fingerprint density at radius 2 is 2.10 bits per heavy atom. The lowest BCUT2D eigenvalue weighted by Crippen LogP contribution is -2.23. The molecule has 0 aliphatic carbocycles. The van der Waals surface area contributed by atoms with Crippen LogP contribution < -0.4 is 0 Å². The number of ether oxygens (including phenoxy) is 3. The Balaban J connectivity index is 1.46. The second-order valence-corrected chi connectivity index (χ2v) is 5.46. The molecular weight excluding hydrogens is 268 g/mol. The third kappa shape index (κ3) is 7.05. The van der Waals surface area contributed by atoms with Gasteiger partial charge in [-0.25, -0.2) is 0 Å². The average molecular weight is 294 g/mol. The molecule has 0 radical (unpaired) electrons. The maximum Gasteiger partial charge on any atom is 0.157 e. The zero-order valence-corrected chi connectivity index (χ0v) is 12.6. The van der Waals surface area contributed by atoms with Gasteiger partial charge in [0.25, 0.3) is 0 Å². The van der Waals surface area contributed by atoms with Crippen molar-refractivity contribution in [2.75, 3.05) is 19.8 Å². The van der Waals surface area contributed by atoms with Crippen LogP contribution in [-0.2, 0) is 20.8 Å². The third-order valence-electron chi connectivity index (χ3n) is 3.55. The molecule has 118 valence electrons. The first-order chi connectivity index (χ1) is 10.3. The molecule has 2 atom stereocenters. The summed E-state index contributed by atoms with van der Waals surface area (Å²) < 4.78 is 16.6. The lowest BCUT2D eigenvalue weighted by molar-refractivity contribution is -0.163. The molecule has 1 N–H and O–H groups in total. The van der Waals surface area contributed by atoms with Gasteiger partial charge in [0.05, 0.1) is 19.3 Å². The van der Waals surface area contributed by atoms with E-state index in [4.69, 9.17) is 14.2 Å². The van der Waals surface area contributed by atoms with Gasteiger partial charge in [-0.1, -0.05) is 30.3 Å². The second-order valence-electron chi connectivity index (χ2n) is 5.46. The Kier molecular flexibility index (Phi) is 7.75. The number of benzene rings is 1. The summed E-state index contributed by atoms with van der Waals surface area (Å²) in [6.45, 7) is 2.36. The molecule has 1 aromatic rings. The molecule has 4 nitrogen and oxygen atoms in total. The normalized spacial score (nSPS) is 20.3. The predicted molar refractivity (Wildman–Crippen MR) is 80.9 cm³/mol. The van der Waals surface area contributed by atoms with Gasteiger partial charge in [-0.15, -0.1) is 0 Å². The van der Waals surface area contributed by atoms with E-state index in [9.17, 15) is 5.11 Å². The maximum atomic E-state index is 9.85. The fourth-order valence-electron chi connectivity index (χ4n) is 2.35. The Labute approximate surface area is 127 Å². The quantitative estimate of drug-likeness (QED) is 0.711. The Morgan fingerprint density at radius 3 is 2.86 bits per heavy atom. The molecule has 1 aliphatic rings. The molecule has 21 heavy (non-hydrogen) atoms. The molecule has 1 fully saturated rings. The molecule has 0 spiro atoms. The fraction of sp³-hybridized carbons (Fsp3) is 0.647. The van der Waals surface area contributed by atoms with E-state index >= 15 is 0 Å². The minimum atomic E-state index is -0.426. The predicted octanol–water partition coefficient (Wildman–Crippen LogP) is 2.89. The first-order valence-electron chi connectivity index (χ1n) is 7.87. The summed E-state index contributed by atoms with van der Waals surface area (Å²) in [5.74, 6) is 0. The highest BCUT2D eigenvalue weighted by Gasteiger charge is 2.13. The van der Waals surface area contributed by atoms with E-state index in [1.807, 2.05) is 30.3 Å². The van der Waals surface area contributed by atoms with Gasteiger partial charge in [0.1, 0.15) is 0 Å². The van der Waals surface area contributed by atoms with Crippen LogP contribution >= 0.6 is 0 Å². The Hall–Kier alpha value is -0.940. The van der Waals surface area contributed by atoms with Crippen LogP contribution in [0.25, 0.3) is 0 Å². The molecule has 1 heterocycles. The zero-order chi connectivity index (χ0) is 14.8. The smallest absolute Gasteiger partial charge is 0.157 e. The van der Waals surface area contributed by atoms with Gasteiger partial charge in [0.2, 0.25) is 0 Å². The first kappa shape index (κ1) is 16.4. The summed E-state index contributed by atoms with van der Waals surface area (Å²) in [6, 6.07) is 9.99. The van der Waals surface area contributed by atoms with E-state index in [0.29, 0.717) is 26.2 Å². The van der Waals surface area contributed by atoms with Crippen molar-refractivity contribution in [1.82, 2.24) is 0 Å². The van der Waals surface area contributed by atoms with Gasteiger partial charge in [-0.05, 0) is 37.7 Å². The van der Waals surface area contributed by atoms with Crippen molar-refractivity contribution in [2.45, 2.75) is 51.1 Å². The van der Waals surface area contributed by atoms with Crippen molar-refractivity contribution in [1.29, 1.82) is 0 Å². The summed E-state index contributed by atoms with van der Waals surface area (Å²) in [5.41, 5.74) is 1.13. The number of aliphatic hydroxyl groups is 1. The lowest BCUT2D eigenvalue weighted by Gasteiger charge is -2.22. The van der Waals surface area contributed by atoms with E-state index in [0.717, 1.165) is 31.4 Å². The van der Waals surface area contributed by atoms with Gasteiger partial charge >= 0.3 is 0 Å². The second kappa shape index (κ2) is 9.90. The third-order valence-corrected chi connectivity index (χ3v) is 3.55. The highest BCUT2D eigenvalue weighted by atomic mass is 16.7. The molecule has 0 amide bonds. The van der Waals surface area contributed by atoms with E-state index in [1.165, 1.54) is 6.42 Å². The summed E-state index contributed by atoms with van der Waals surface area (Å²) in [5, 5.41) is 9.85. The van der Waals surface area contributed by atoms with Gasteiger partial charge in [-0.2, -0.15) is 0 Å². The number of aliphatic hydroxyl groups excluding tert-OH is 1. The average Bonchev–Trinajstić information content (AvgIpc) is 2.54. The van der Waals surface area contributed by atoms with Crippen LogP contribution in [0.5, 0.6) is 0 Å². The van der Waals surface area contributed by atoms with E-state index < -0.39 is 6.10 Å². The van der Waals surface area contributed by atoms with Crippen molar-refractivity contribution < 1.29 is 19.3 Å². The molecular formula is C17H26O4. The van der Waals surface area contributed by atoms with Gasteiger partial charge in [0, 0.05) is 13.2 Å². The fourth-order valence-corrected chi connectivity index (χ4v) is 2.35. The van der Waals surface area contributed by atoms with Gasteiger partial charge in [0.15, 0.2) is 6.29 Å². The molecule has 0 aromatic heterocycles. The highest BCUT2D eigenvalue weighted by molar-refractivity contribution is 5.13. The molecule has 1 unspecified atom stereocenters. The van der Waals surface area contributed by atoms with Crippen LogP contribution in [0.15, 0.2) is 30.3 Å². The van der Waals surface area contributed by atoms with Crippen molar-refractivity contribution in [3.8, 4) is 0 Å². The van der Waals surface area contributed by atoms with Crippen molar-refractivity contribution in [3.63, 3.8) is 0 Å². The van der Waals surface area contributed by atoms with Gasteiger partial charge in [-0.3, -0.25) is 0 Å². The Morgan fingerprint density at radius 1 is 1.24 bits per heavy atom. The van der Waals surface area contributed by atoms with E-state index in [1.54, 1.807) is 0 Å². The lowest BCUT2D eigenvalue weighted by atomic mass is 10.2. The SMILES string of the molecule is OC(CCCO[C@@H]1CCCCO1)COCc1ccccc1. The summed E-state index contributed by atoms with van der Waals surface area (Å²) in [7, 11) is 0. The molecule has 4 heteroatoms. The summed E-state index contributed by atoms with van der Waals surface area (Å²) >= 11 is 0. The number of rotatable bonds is 9. The molecule has 1 aliphatic heterocycles. The van der Waals surface area contributed by atoms with Crippen molar-refractivity contribution >= 4 is 0 Å². The molecule has 1 aromatic carbocycles. The van der Waals surface area contributed by atoms with Crippen LogP contribution in [-0.4, -0.2) is 37.3 Å². The van der Waals surface area contributed by atoms with E-state index in [2.05, 4.69) is 0 Å². The standard InChI is InChI=1S/C17H26O4/c18-16(14-19-13-15-7-2-1-3-8-15)9-6-12-21-17-10-4-5-11-20-17/h1-3,7-8,16-18H,4-6,9-14H2/t16?,17-/m1/s1. The first-order valence-corrected chi connectivity index (χ1v) is 7.87. The van der Waals surface area contributed by atoms with Crippen molar-refractivity contribution in [3.05, 3.63) is 35.9 Å². The summed E-state index contributed by atoms with van der Waals surface area (Å²) in [6.07, 6.45) is 4.37. The van der Waals surface area contributed by atoms with Crippen LogP contribution in [0.2, 0.25) is 0 Å². The number of hydrogen-bond acceptors (Lipinski definition) is 4. The largest absolute Gasteiger partial charge is 0.391 e. The van der Waals surface area contributed by atoms with Gasteiger partial charge < -0.3 is 19.3 Å². The van der Waals surface area contributed by atoms with Crippen molar-refractivity contribution in [2.24, 2.45) is 0 Å². The monoisotopic (exact) mass is 294 g/mol. The topological polar surface area (TPSA) is 47.9 Å². The van der Waals surface area contributed by atoms with E-state index in [-0.39, 0.29) is 6.29 Å². The maximum absolute atomic E-state index is 9.85. The molecule has 0 bridgehead atoms. The number of hydrogen-bond donors (Lipinski definition) is 1. The minimum Gasteiger partial charge on any atom is -0.391 e. The summed E-state index contributed by atoms with van der Waals surface area (Å²) in [4.78, 5) is 0. The van der Waals surface area contributed by atoms with Crippen LogP contribution in [0.4, 0.5) is 0 Å².